The SMILES string of the molecule is C[C@H](CNC(=O)C(C)(C)O)[C@H]1CC[C@H]2C(=CC=C3C[C@@H](O)C[C@H](O)C3)CCC[C@]12C. The van der Waals surface area contributed by atoms with E-state index in [1.54, 1.807) is 0 Å². The average molecular weight is 420 g/mol. The largest absolute Gasteiger partial charge is 0.393 e. The summed E-state index contributed by atoms with van der Waals surface area (Å²) in [6.45, 7) is 8.31. The van der Waals surface area contributed by atoms with Crippen LogP contribution >= 0.6 is 0 Å². The molecular formula is C25H41NO4. The quantitative estimate of drug-likeness (QED) is 0.549. The van der Waals surface area contributed by atoms with Crippen molar-refractivity contribution in [2.24, 2.45) is 23.2 Å². The summed E-state index contributed by atoms with van der Waals surface area (Å²) in [6, 6.07) is 0. The van der Waals surface area contributed by atoms with E-state index in [0.717, 1.165) is 12.0 Å². The third kappa shape index (κ3) is 5.17. The van der Waals surface area contributed by atoms with Gasteiger partial charge in [0.2, 0.25) is 0 Å². The summed E-state index contributed by atoms with van der Waals surface area (Å²) in [5.41, 5.74) is 1.57. The average Bonchev–Trinajstić information content (AvgIpc) is 3.00. The summed E-state index contributed by atoms with van der Waals surface area (Å²) >= 11 is 0. The topological polar surface area (TPSA) is 89.8 Å². The van der Waals surface area contributed by atoms with Gasteiger partial charge in [-0.3, -0.25) is 4.79 Å². The Morgan fingerprint density at radius 1 is 1.23 bits per heavy atom. The molecule has 3 aliphatic carbocycles. The zero-order chi connectivity index (χ0) is 22.1. The Hall–Kier alpha value is -1.17. The van der Waals surface area contributed by atoms with Crippen molar-refractivity contribution >= 4 is 5.91 Å². The van der Waals surface area contributed by atoms with Gasteiger partial charge in [0.05, 0.1) is 12.2 Å². The lowest BCUT2D eigenvalue weighted by Crippen LogP contribution is -2.45. The van der Waals surface area contributed by atoms with Gasteiger partial charge in [-0.05, 0) is 88.4 Å². The molecule has 0 aliphatic heterocycles. The number of hydrogen-bond acceptors (Lipinski definition) is 4. The summed E-state index contributed by atoms with van der Waals surface area (Å²) in [4.78, 5) is 12.1. The second-order valence-corrected chi connectivity index (χ2v) is 10.9. The Kier molecular flexibility index (Phi) is 7.15. The highest BCUT2D eigenvalue weighted by atomic mass is 16.3. The van der Waals surface area contributed by atoms with Crippen molar-refractivity contribution in [1.82, 2.24) is 5.32 Å². The van der Waals surface area contributed by atoms with E-state index in [2.05, 4.69) is 31.3 Å². The molecule has 1 amide bonds. The molecule has 0 heterocycles. The van der Waals surface area contributed by atoms with Gasteiger partial charge in [0.15, 0.2) is 0 Å². The maximum atomic E-state index is 12.1. The van der Waals surface area contributed by atoms with E-state index in [1.807, 2.05) is 0 Å². The number of aliphatic hydroxyl groups is 3. The molecule has 0 radical (unpaired) electrons. The molecule has 3 fully saturated rings. The van der Waals surface area contributed by atoms with Gasteiger partial charge in [-0.1, -0.05) is 37.1 Å². The van der Waals surface area contributed by atoms with Crippen LogP contribution in [0.3, 0.4) is 0 Å². The number of aliphatic hydroxyl groups excluding tert-OH is 2. The lowest BCUT2D eigenvalue weighted by atomic mass is 9.61. The smallest absolute Gasteiger partial charge is 0.251 e. The van der Waals surface area contributed by atoms with E-state index in [9.17, 15) is 20.1 Å². The maximum absolute atomic E-state index is 12.1. The van der Waals surface area contributed by atoms with E-state index in [0.29, 0.717) is 43.6 Å². The molecule has 0 aromatic carbocycles. The second-order valence-electron chi connectivity index (χ2n) is 10.9. The first-order valence-electron chi connectivity index (χ1n) is 11.8. The Balaban J connectivity index is 1.68. The van der Waals surface area contributed by atoms with Gasteiger partial charge >= 0.3 is 0 Å². The molecule has 0 spiro atoms. The summed E-state index contributed by atoms with van der Waals surface area (Å²) in [5, 5.41) is 32.7. The van der Waals surface area contributed by atoms with Gasteiger partial charge in [-0.15, -0.1) is 0 Å². The van der Waals surface area contributed by atoms with Crippen LogP contribution in [-0.4, -0.2) is 45.6 Å². The summed E-state index contributed by atoms with van der Waals surface area (Å²) < 4.78 is 0. The number of fused-ring (bicyclic) bond motifs is 1. The maximum Gasteiger partial charge on any atom is 0.251 e. The first-order chi connectivity index (χ1) is 14.0. The van der Waals surface area contributed by atoms with Crippen molar-refractivity contribution in [2.75, 3.05) is 6.54 Å². The van der Waals surface area contributed by atoms with E-state index in [1.165, 1.54) is 45.1 Å². The highest BCUT2D eigenvalue weighted by Gasteiger charge is 2.50. The van der Waals surface area contributed by atoms with E-state index >= 15 is 0 Å². The van der Waals surface area contributed by atoms with Crippen molar-refractivity contribution in [3.8, 4) is 0 Å². The Labute approximate surface area is 181 Å². The molecule has 170 valence electrons. The van der Waals surface area contributed by atoms with Crippen LogP contribution < -0.4 is 5.32 Å². The molecule has 5 nitrogen and oxygen atoms in total. The molecule has 5 heteroatoms. The molecular weight excluding hydrogens is 378 g/mol. The summed E-state index contributed by atoms with van der Waals surface area (Å²) in [7, 11) is 0. The molecule has 0 bridgehead atoms. The normalized spacial score (nSPS) is 37.0. The van der Waals surface area contributed by atoms with Gasteiger partial charge in [0, 0.05) is 6.54 Å². The predicted octanol–water partition coefficient (Wildman–Crippen LogP) is 3.48. The fraction of sp³-hybridized carbons (Fsp3) is 0.800. The molecule has 0 saturated heterocycles. The molecule has 0 aromatic heterocycles. The number of amides is 1. The molecule has 0 unspecified atom stereocenters. The monoisotopic (exact) mass is 419 g/mol. The minimum absolute atomic E-state index is 0.243. The first-order valence-corrected chi connectivity index (χ1v) is 11.8. The van der Waals surface area contributed by atoms with Crippen LogP contribution in [0.2, 0.25) is 0 Å². The fourth-order valence-corrected chi connectivity index (χ4v) is 6.36. The van der Waals surface area contributed by atoms with Crippen LogP contribution in [0.25, 0.3) is 0 Å². The zero-order valence-electron chi connectivity index (χ0n) is 19.2. The molecule has 3 saturated carbocycles. The minimum Gasteiger partial charge on any atom is -0.393 e. The second kappa shape index (κ2) is 9.13. The number of allylic oxidation sites excluding steroid dienone is 3. The van der Waals surface area contributed by atoms with Crippen LogP contribution in [0.4, 0.5) is 0 Å². The molecule has 30 heavy (non-hydrogen) atoms. The van der Waals surface area contributed by atoms with Gasteiger partial charge in [-0.2, -0.15) is 0 Å². The Morgan fingerprint density at radius 3 is 2.53 bits per heavy atom. The van der Waals surface area contributed by atoms with Crippen molar-refractivity contribution in [2.45, 2.75) is 96.9 Å². The van der Waals surface area contributed by atoms with E-state index in [4.69, 9.17) is 0 Å². The molecule has 3 rings (SSSR count). The third-order valence-corrected chi connectivity index (χ3v) is 7.94. The van der Waals surface area contributed by atoms with Crippen molar-refractivity contribution in [3.05, 3.63) is 23.3 Å². The Morgan fingerprint density at radius 2 is 1.90 bits per heavy atom. The highest BCUT2D eigenvalue weighted by Crippen LogP contribution is 2.59. The van der Waals surface area contributed by atoms with Gasteiger partial charge in [0.25, 0.3) is 5.91 Å². The van der Waals surface area contributed by atoms with E-state index < -0.39 is 17.8 Å². The number of carbonyl (C=O) groups excluding carboxylic acids is 1. The van der Waals surface area contributed by atoms with Crippen LogP contribution in [0.1, 0.15) is 79.1 Å². The van der Waals surface area contributed by atoms with Crippen molar-refractivity contribution < 1.29 is 20.1 Å². The van der Waals surface area contributed by atoms with Gasteiger partial charge < -0.3 is 20.6 Å². The number of rotatable bonds is 5. The minimum atomic E-state index is -1.34. The fourth-order valence-electron chi connectivity index (χ4n) is 6.36. The standard InChI is InChI=1S/C25H41NO4/c1-16(15-26-23(29)24(2,3)30)21-9-10-22-18(6-5-11-25(21,22)4)8-7-17-12-19(27)14-20(28)13-17/h7-8,16,19-22,27-28,30H,5-6,9-15H2,1-4H3,(H,26,29)/t16-,19-,20-,21-,22+,25-/m1/s1. The van der Waals surface area contributed by atoms with Crippen molar-refractivity contribution in [1.29, 1.82) is 0 Å². The highest BCUT2D eigenvalue weighted by molar-refractivity contribution is 5.83. The van der Waals surface area contributed by atoms with Crippen LogP contribution in [0.5, 0.6) is 0 Å². The van der Waals surface area contributed by atoms with Crippen LogP contribution in [0.15, 0.2) is 23.3 Å². The third-order valence-electron chi connectivity index (χ3n) is 7.94. The summed E-state index contributed by atoms with van der Waals surface area (Å²) in [6.07, 6.45) is 11.3. The number of nitrogens with one attached hydrogen (secondary N) is 1. The Bertz CT molecular complexity index is 680. The van der Waals surface area contributed by atoms with Gasteiger partial charge in [-0.25, -0.2) is 0 Å². The van der Waals surface area contributed by atoms with Crippen LogP contribution in [0, 0.1) is 23.2 Å². The molecule has 0 aromatic rings. The number of carbonyl (C=O) groups is 1. The van der Waals surface area contributed by atoms with Gasteiger partial charge in [0.1, 0.15) is 5.60 Å². The zero-order valence-corrected chi connectivity index (χ0v) is 19.2. The lowest BCUT2D eigenvalue weighted by molar-refractivity contribution is -0.136. The molecule has 6 atom stereocenters. The van der Waals surface area contributed by atoms with Crippen LogP contribution in [-0.2, 0) is 4.79 Å². The number of hydrogen-bond donors (Lipinski definition) is 4. The summed E-state index contributed by atoms with van der Waals surface area (Å²) in [5.74, 6) is 1.19. The predicted molar refractivity (Wildman–Crippen MR) is 119 cm³/mol. The van der Waals surface area contributed by atoms with E-state index in [-0.39, 0.29) is 11.3 Å². The lowest BCUT2D eigenvalue weighted by Gasteiger charge is -2.44. The first kappa shape index (κ1) is 23.5. The molecule has 3 aliphatic rings. The van der Waals surface area contributed by atoms with Crippen molar-refractivity contribution in [3.63, 3.8) is 0 Å². The molecule has 4 N–H and O–H groups in total.